The summed E-state index contributed by atoms with van der Waals surface area (Å²) in [7, 11) is 0. The van der Waals surface area contributed by atoms with Gasteiger partial charge in [0.1, 0.15) is 6.04 Å². The number of carbonyl (C=O) groups is 2. The van der Waals surface area contributed by atoms with Crippen LogP contribution in [0.3, 0.4) is 0 Å². The van der Waals surface area contributed by atoms with Gasteiger partial charge in [-0.15, -0.1) is 0 Å². The Labute approximate surface area is 106 Å². The molecule has 1 aromatic rings. The molecule has 0 aromatic heterocycles. The van der Waals surface area contributed by atoms with E-state index in [1.54, 1.807) is 4.90 Å². The summed E-state index contributed by atoms with van der Waals surface area (Å²) >= 11 is 0. The molecule has 0 aliphatic carbocycles. The summed E-state index contributed by atoms with van der Waals surface area (Å²) in [6.07, 6.45) is 2.02. The van der Waals surface area contributed by atoms with Crippen molar-refractivity contribution in [3.05, 3.63) is 48.6 Å². The predicted octanol–water partition coefficient (Wildman–Crippen LogP) is 1.26. The average Bonchev–Trinajstić information content (AvgIpc) is 2.60. The highest BCUT2D eigenvalue weighted by Crippen LogP contribution is 2.23. The molecule has 0 bridgehead atoms. The topological polar surface area (TPSA) is 49.4 Å². The standard InChI is InChI=1S/C14H16N2O2/c1-2-12(17)16-10-6-9-15-14(18)13(16)11-7-4-3-5-8-11/h2-5,7-8,13H,1,6,9-10H2,(H,15,18). The first kappa shape index (κ1) is 12.4. The Balaban J connectivity index is 2.38. The minimum atomic E-state index is -0.556. The molecular weight excluding hydrogens is 228 g/mol. The Morgan fingerprint density at radius 2 is 2.11 bits per heavy atom. The van der Waals surface area contributed by atoms with E-state index in [-0.39, 0.29) is 11.8 Å². The summed E-state index contributed by atoms with van der Waals surface area (Å²) in [4.78, 5) is 25.6. The Morgan fingerprint density at radius 3 is 2.78 bits per heavy atom. The fourth-order valence-corrected chi connectivity index (χ4v) is 2.15. The summed E-state index contributed by atoms with van der Waals surface area (Å²) < 4.78 is 0. The largest absolute Gasteiger partial charge is 0.354 e. The fourth-order valence-electron chi connectivity index (χ4n) is 2.15. The summed E-state index contributed by atoms with van der Waals surface area (Å²) in [6, 6.07) is 8.78. The van der Waals surface area contributed by atoms with E-state index in [9.17, 15) is 9.59 Å². The van der Waals surface area contributed by atoms with Gasteiger partial charge in [0.05, 0.1) is 0 Å². The van der Waals surface area contributed by atoms with Crippen molar-refractivity contribution >= 4 is 11.8 Å². The molecule has 1 fully saturated rings. The molecule has 18 heavy (non-hydrogen) atoms. The van der Waals surface area contributed by atoms with Crippen LogP contribution in [0, 0.1) is 0 Å². The van der Waals surface area contributed by atoms with Gasteiger partial charge in [-0.1, -0.05) is 36.9 Å². The van der Waals surface area contributed by atoms with Crippen molar-refractivity contribution in [1.29, 1.82) is 0 Å². The van der Waals surface area contributed by atoms with Gasteiger partial charge in [-0.2, -0.15) is 0 Å². The third-order valence-corrected chi connectivity index (χ3v) is 3.01. The first-order chi connectivity index (χ1) is 8.74. The third-order valence-electron chi connectivity index (χ3n) is 3.01. The zero-order valence-corrected chi connectivity index (χ0v) is 10.1. The van der Waals surface area contributed by atoms with Crippen molar-refractivity contribution < 1.29 is 9.59 Å². The SMILES string of the molecule is C=CC(=O)N1CCCNC(=O)C1c1ccccc1. The lowest BCUT2D eigenvalue weighted by atomic mass is 10.0. The molecule has 1 atom stereocenters. The number of benzene rings is 1. The summed E-state index contributed by atoms with van der Waals surface area (Å²) in [6.45, 7) is 4.66. The van der Waals surface area contributed by atoms with E-state index >= 15 is 0 Å². The molecule has 0 spiro atoms. The van der Waals surface area contributed by atoms with Gasteiger partial charge >= 0.3 is 0 Å². The van der Waals surface area contributed by atoms with Crippen LogP contribution < -0.4 is 5.32 Å². The van der Waals surface area contributed by atoms with Crippen molar-refractivity contribution in [2.75, 3.05) is 13.1 Å². The third kappa shape index (κ3) is 2.42. The normalized spacial score (nSPS) is 19.9. The number of nitrogens with one attached hydrogen (secondary N) is 1. The highest BCUT2D eigenvalue weighted by molar-refractivity contribution is 5.93. The maximum atomic E-state index is 12.1. The van der Waals surface area contributed by atoms with Gasteiger partial charge in [0.15, 0.2) is 0 Å². The van der Waals surface area contributed by atoms with Crippen LogP contribution in [0.15, 0.2) is 43.0 Å². The Bertz CT molecular complexity index is 456. The van der Waals surface area contributed by atoms with E-state index < -0.39 is 6.04 Å². The monoisotopic (exact) mass is 244 g/mol. The van der Waals surface area contributed by atoms with E-state index in [1.165, 1.54) is 6.08 Å². The molecule has 0 radical (unpaired) electrons. The summed E-state index contributed by atoms with van der Waals surface area (Å²) in [5.74, 6) is -0.338. The number of carbonyl (C=O) groups excluding carboxylic acids is 2. The molecule has 2 rings (SSSR count). The number of hydrogen-bond donors (Lipinski definition) is 1. The Morgan fingerprint density at radius 1 is 1.39 bits per heavy atom. The van der Waals surface area contributed by atoms with E-state index in [0.29, 0.717) is 13.1 Å². The second-order valence-corrected chi connectivity index (χ2v) is 4.19. The molecule has 4 nitrogen and oxygen atoms in total. The zero-order chi connectivity index (χ0) is 13.0. The van der Waals surface area contributed by atoms with E-state index in [2.05, 4.69) is 11.9 Å². The first-order valence-corrected chi connectivity index (χ1v) is 5.99. The van der Waals surface area contributed by atoms with Gasteiger partial charge in [0.2, 0.25) is 11.8 Å². The number of hydrogen-bond acceptors (Lipinski definition) is 2. The van der Waals surface area contributed by atoms with Gasteiger partial charge in [-0.3, -0.25) is 9.59 Å². The molecule has 1 heterocycles. The number of nitrogens with zero attached hydrogens (tertiary/aromatic N) is 1. The quantitative estimate of drug-likeness (QED) is 0.796. The van der Waals surface area contributed by atoms with Crippen LogP contribution in [0.4, 0.5) is 0 Å². The molecule has 1 aliphatic rings. The smallest absolute Gasteiger partial charge is 0.247 e. The van der Waals surface area contributed by atoms with E-state index in [4.69, 9.17) is 0 Å². The highest BCUT2D eigenvalue weighted by Gasteiger charge is 2.31. The van der Waals surface area contributed by atoms with Crippen molar-refractivity contribution in [3.63, 3.8) is 0 Å². The van der Waals surface area contributed by atoms with Crippen molar-refractivity contribution in [3.8, 4) is 0 Å². The lowest BCUT2D eigenvalue weighted by Gasteiger charge is -2.27. The van der Waals surface area contributed by atoms with Crippen LogP contribution in [0.2, 0.25) is 0 Å². The average molecular weight is 244 g/mol. The van der Waals surface area contributed by atoms with Crippen molar-refractivity contribution in [2.24, 2.45) is 0 Å². The number of rotatable bonds is 2. The van der Waals surface area contributed by atoms with Gasteiger partial charge in [0.25, 0.3) is 0 Å². The molecule has 1 aromatic carbocycles. The molecule has 1 N–H and O–H groups in total. The molecule has 0 saturated carbocycles. The summed E-state index contributed by atoms with van der Waals surface area (Å²) in [5, 5.41) is 2.83. The molecule has 1 aliphatic heterocycles. The van der Waals surface area contributed by atoms with Gasteiger partial charge in [-0.25, -0.2) is 0 Å². The molecule has 1 saturated heterocycles. The van der Waals surface area contributed by atoms with Crippen LogP contribution >= 0.6 is 0 Å². The minimum Gasteiger partial charge on any atom is -0.354 e. The van der Waals surface area contributed by atoms with E-state index in [0.717, 1.165) is 12.0 Å². The summed E-state index contributed by atoms with van der Waals surface area (Å²) in [5.41, 5.74) is 0.826. The highest BCUT2D eigenvalue weighted by atomic mass is 16.2. The van der Waals surface area contributed by atoms with Crippen LogP contribution in [-0.4, -0.2) is 29.8 Å². The second-order valence-electron chi connectivity index (χ2n) is 4.19. The maximum Gasteiger partial charge on any atom is 0.247 e. The lowest BCUT2D eigenvalue weighted by molar-refractivity contribution is -0.136. The maximum absolute atomic E-state index is 12.1. The fraction of sp³-hybridized carbons (Fsp3) is 0.286. The van der Waals surface area contributed by atoms with Crippen molar-refractivity contribution in [2.45, 2.75) is 12.5 Å². The molecular formula is C14H16N2O2. The van der Waals surface area contributed by atoms with Crippen LogP contribution in [0.1, 0.15) is 18.0 Å². The second kappa shape index (κ2) is 5.49. The molecule has 94 valence electrons. The van der Waals surface area contributed by atoms with Crippen LogP contribution in [0.25, 0.3) is 0 Å². The van der Waals surface area contributed by atoms with Crippen LogP contribution in [-0.2, 0) is 9.59 Å². The Kier molecular flexibility index (Phi) is 3.77. The lowest BCUT2D eigenvalue weighted by Crippen LogP contribution is -2.40. The molecule has 4 heteroatoms. The van der Waals surface area contributed by atoms with Gasteiger partial charge in [0, 0.05) is 13.1 Å². The minimum absolute atomic E-state index is 0.131. The zero-order valence-electron chi connectivity index (χ0n) is 10.1. The number of amides is 2. The van der Waals surface area contributed by atoms with Gasteiger partial charge in [-0.05, 0) is 18.1 Å². The predicted molar refractivity (Wildman–Crippen MR) is 68.7 cm³/mol. The van der Waals surface area contributed by atoms with Gasteiger partial charge < -0.3 is 10.2 Å². The van der Waals surface area contributed by atoms with Crippen LogP contribution in [0.5, 0.6) is 0 Å². The van der Waals surface area contributed by atoms with Crippen molar-refractivity contribution in [1.82, 2.24) is 10.2 Å². The molecule has 1 unspecified atom stereocenters. The van der Waals surface area contributed by atoms with E-state index in [1.807, 2.05) is 30.3 Å². The first-order valence-electron chi connectivity index (χ1n) is 5.99. The Hall–Kier alpha value is -2.10. The molecule has 2 amide bonds.